The molecule has 4 nitrogen and oxygen atoms in total. The minimum atomic E-state index is 0.780. The Morgan fingerprint density at radius 2 is 2.15 bits per heavy atom. The molecule has 13 heavy (non-hydrogen) atoms. The Bertz CT molecular complexity index is 248. The molecule has 4 heteroatoms. The number of nitrogens with one attached hydrogen (secondary N) is 2. The largest absolute Gasteiger partial charge is 0.370 e. The molecule has 1 rings (SSSR count). The highest BCUT2D eigenvalue weighted by Crippen LogP contribution is 2.05. The lowest BCUT2D eigenvalue weighted by Gasteiger charge is -2.05. The van der Waals surface area contributed by atoms with Crippen LogP contribution in [-0.2, 0) is 6.54 Å². The Morgan fingerprint density at radius 3 is 2.77 bits per heavy atom. The van der Waals surface area contributed by atoms with Gasteiger partial charge in [0.25, 0.3) is 0 Å². The van der Waals surface area contributed by atoms with Crippen LogP contribution >= 0.6 is 0 Å². The molecule has 2 N–H and O–H groups in total. The first-order valence-corrected chi connectivity index (χ1v) is 4.49. The number of anilines is 1. The number of hydrogen-bond donors (Lipinski definition) is 2. The third kappa shape index (κ3) is 2.99. The third-order valence-electron chi connectivity index (χ3n) is 1.61. The summed E-state index contributed by atoms with van der Waals surface area (Å²) < 4.78 is 0. The van der Waals surface area contributed by atoms with Crippen molar-refractivity contribution in [1.82, 2.24) is 15.3 Å². The van der Waals surface area contributed by atoms with Crippen LogP contribution in [0.2, 0.25) is 0 Å². The van der Waals surface area contributed by atoms with E-state index in [1.54, 1.807) is 0 Å². The van der Waals surface area contributed by atoms with Crippen molar-refractivity contribution in [3.8, 4) is 0 Å². The lowest BCUT2D eigenvalue weighted by atomic mass is 10.3. The lowest BCUT2D eigenvalue weighted by molar-refractivity contribution is 0.779. The van der Waals surface area contributed by atoms with E-state index in [2.05, 4.69) is 27.5 Å². The Labute approximate surface area is 78.8 Å². The molecule has 1 aromatic heterocycles. The van der Waals surface area contributed by atoms with E-state index in [-0.39, 0.29) is 0 Å². The van der Waals surface area contributed by atoms with Crippen molar-refractivity contribution < 1.29 is 0 Å². The van der Waals surface area contributed by atoms with Crippen LogP contribution in [0.25, 0.3) is 0 Å². The average molecular weight is 180 g/mol. The summed E-state index contributed by atoms with van der Waals surface area (Å²) >= 11 is 0. The fourth-order valence-corrected chi connectivity index (χ4v) is 1.17. The van der Waals surface area contributed by atoms with E-state index in [1.165, 1.54) is 0 Å². The van der Waals surface area contributed by atoms with E-state index >= 15 is 0 Å². The van der Waals surface area contributed by atoms with Crippen LogP contribution in [0.4, 0.5) is 5.82 Å². The summed E-state index contributed by atoms with van der Waals surface area (Å²) in [5.41, 5.74) is 1.02. The molecule has 72 valence electrons. The maximum atomic E-state index is 4.29. The molecule has 1 aromatic rings. The van der Waals surface area contributed by atoms with E-state index in [0.717, 1.165) is 30.4 Å². The number of hydrogen-bond acceptors (Lipinski definition) is 4. The number of aryl methyl sites for hydroxylation is 1. The van der Waals surface area contributed by atoms with Crippen LogP contribution in [0.3, 0.4) is 0 Å². The quantitative estimate of drug-likeness (QED) is 0.724. The number of rotatable bonds is 4. The van der Waals surface area contributed by atoms with Crippen molar-refractivity contribution in [2.75, 3.05) is 18.9 Å². The van der Waals surface area contributed by atoms with Crippen molar-refractivity contribution in [1.29, 1.82) is 0 Å². The maximum absolute atomic E-state index is 4.29. The van der Waals surface area contributed by atoms with E-state index in [0.29, 0.717) is 0 Å². The van der Waals surface area contributed by atoms with Gasteiger partial charge in [0, 0.05) is 19.2 Å². The number of aromatic nitrogens is 2. The molecule has 0 aliphatic heterocycles. The van der Waals surface area contributed by atoms with Crippen LogP contribution in [0.1, 0.15) is 18.4 Å². The highest BCUT2D eigenvalue weighted by atomic mass is 15.0. The van der Waals surface area contributed by atoms with Gasteiger partial charge in [-0.15, -0.1) is 0 Å². The second-order valence-electron chi connectivity index (χ2n) is 2.85. The van der Waals surface area contributed by atoms with Gasteiger partial charge in [-0.2, -0.15) is 0 Å². The highest BCUT2D eigenvalue weighted by Gasteiger charge is 1.99. The van der Waals surface area contributed by atoms with E-state index in [4.69, 9.17) is 0 Å². The lowest BCUT2D eigenvalue weighted by Crippen LogP contribution is -2.10. The predicted octanol–water partition coefficient (Wildman–Crippen LogP) is 0.936. The van der Waals surface area contributed by atoms with Gasteiger partial charge >= 0.3 is 0 Å². The zero-order valence-corrected chi connectivity index (χ0v) is 8.39. The minimum absolute atomic E-state index is 0.780. The Morgan fingerprint density at radius 1 is 1.38 bits per heavy atom. The van der Waals surface area contributed by atoms with Gasteiger partial charge < -0.3 is 10.6 Å². The van der Waals surface area contributed by atoms with Crippen molar-refractivity contribution in [3.63, 3.8) is 0 Å². The minimum Gasteiger partial charge on any atom is -0.370 e. The third-order valence-corrected chi connectivity index (χ3v) is 1.61. The van der Waals surface area contributed by atoms with Crippen LogP contribution in [0.5, 0.6) is 0 Å². The fourth-order valence-electron chi connectivity index (χ4n) is 1.17. The van der Waals surface area contributed by atoms with Gasteiger partial charge in [-0.1, -0.05) is 0 Å². The smallest absolute Gasteiger partial charge is 0.129 e. The van der Waals surface area contributed by atoms with Gasteiger partial charge in [0.1, 0.15) is 11.6 Å². The molecule has 0 amide bonds. The highest BCUT2D eigenvalue weighted by molar-refractivity contribution is 5.35. The SMILES string of the molecule is CCNc1cc(CNC)nc(C)n1. The molecule has 0 spiro atoms. The van der Waals surface area contributed by atoms with Crippen LogP contribution in [0.15, 0.2) is 6.07 Å². The summed E-state index contributed by atoms with van der Waals surface area (Å²) in [5.74, 6) is 1.71. The molecule has 1 heterocycles. The van der Waals surface area contributed by atoms with Crippen LogP contribution < -0.4 is 10.6 Å². The zero-order valence-electron chi connectivity index (χ0n) is 8.39. The first-order valence-electron chi connectivity index (χ1n) is 4.49. The van der Waals surface area contributed by atoms with Crippen molar-refractivity contribution in [2.45, 2.75) is 20.4 Å². The number of nitrogens with zero attached hydrogens (tertiary/aromatic N) is 2. The van der Waals surface area contributed by atoms with E-state index in [1.807, 2.05) is 20.0 Å². The van der Waals surface area contributed by atoms with Gasteiger partial charge in [0.05, 0.1) is 5.69 Å². The van der Waals surface area contributed by atoms with Gasteiger partial charge in [0.15, 0.2) is 0 Å². The maximum Gasteiger partial charge on any atom is 0.129 e. The normalized spacial score (nSPS) is 10.1. The Hall–Kier alpha value is -1.16. The monoisotopic (exact) mass is 180 g/mol. The van der Waals surface area contributed by atoms with Crippen molar-refractivity contribution >= 4 is 5.82 Å². The molecule has 0 unspecified atom stereocenters. The Kier molecular flexibility index (Phi) is 3.64. The van der Waals surface area contributed by atoms with Gasteiger partial charge in [-0.05, 0) is 20.9 Å². The summed E-state index contributed by atoms with van der Waals surface area (Å²) in [6.45, 7) is 5.62. The van der Waals surface area contributed by atoms with E-state index < -0.39 is 0 Å². The Balaban J connectivity index is 2.83. The summed E-state index contributed by atoms with van der Waals surface area (Å²) in [4.78, 5) is 8.55. The summed E-state index contributed by atoms with van der Waals surface area (Å²) in [6, 6.07) is 1.97. The molecule has 0 saturated carbocycles. The molecule has 0 aliphatic carbocycles. The first-order chi connectivity index (χ1) is 6.26. The predicted molar refractivity (Wildman–Crippen MR) is 53.7 cm³/mol. The molecule has 0 saturated heterocycles. The summed E-state index contributed by atoms with van der Waals surface area (Å²) in [6.07, 6.45) is 0. The second-order valence-corrected chi connectivity index (χ2v) is 2.85. The summed E-state index contributed by atoms with van der Waals surface area (Å²) in [5, 5.41) is 6.23. The zero-order chi connectivity index (χ0) is 9.68. The average Bonchev–Trinajstić information content (AvgIpc) is 2.04. The molecule has 0 fully saturated rings. The molecule has 0 aromatic carbocycles. The second kappa shape index (κ2) is 4.77. The standard InChI is InChI=1S/C9H16N4/c1-4-11-9-5-8(6-10-3)12-7(2)13-9/h5,10H,4,6H2,1-3H3,(H,11,12,13). The van der Waals surface area contributed by atoms with Gasteiger partial charge in [0.2, 0.25) is 0 Å². The van der Waals surface area contributed by atoms with Gasteiger partial charge in [-0.25, -0.2) is 9.97 Å². The molecule has 0 aliphatic rings. The van der Waals surface area contributed by atoms with E-state index in [9.17, 15) is 0 Å². The van der Waals surface area contributed by atoms with Crippen LogP contribution in [-0.4, -0.2) is 23.6 Å². The topological polar surface area (TPSA) is 49.8 Å². The molecule has 0 radical (unpaired) electrons. The summed E-state index contributed by atoms with van der Waals surface area (Å²) in [7, 11) is 1.91. The molecular formula is C9H16N4. The fraction of sp³-hybridized carbons (Fsp3) is 0.556. The van der Waals surface area contributed by atoms with Crippen molar-refractivity contribution in [3.05, 3.63) is 17.6 Å². The van der Waals surface area contributed by atoms with Gasteiger partial charge in [-0.3, -0.25) is 0 Å². The molecule has 0 atom stereocenters. The molecular weight excluding hydrogens is 164 g/mol. The molecule has 0 bridgehead atoms. The van der Waals surface area contributed by atoms with Crippen LogP contribution in [0, 0.1) is 6.92 Å². The first kappa shape index (κ1) is 9.92. The van der Waals surface area contributed by atoms with Crippen molar-refractivity contribution in [2.24, 2.45) is 0 Å².